The van der Waals surface area contributed by atoms with Crippen LogP contribution in [0.3, 0.4) is 0 Å². The van der Waals surface area contributed by atoms with E-state index >= 15 is 0 Å². The van der Waals surface area contributed by atoms with Crippen molar-refractivity contribution in [3.8, 4) is 11.5 Å². The number of rotatable bonds is 6. The third-order valence-corrected chi connectivity index (χ3v) is 4.14. The van der Waals surface area contributed by atoms with Crippen molar-refractivity contribution in [1.82, 2.24) is 14.9 Å². The van der Waals surface area contributed by atoms with Gasteiger partial charge < -0.3 is 19.4 Å². The number of nitrogens with zero attached hydrogens (tertiary/aromatic N) is 2. The van der Waals surface area contributed by atoms with E-state index < -0.39 is 0 Å². The number of carbonyl (C=O) groups is 1. The van der Waals surface area contributed by atoms with Crippen LogP contribution in [0.5, 0.6) is 11.5 Å². The van der Waals surface area contributed by atoms with Crippen LogP contribution in [0.1, 0.15) is 11.4 Å². The van der Waals surface area contributed by atoms with Crippen LogP contribution in [-0.2, 0) is 24.8 Å². The number of ether oxygens (including phenoxy) is 2. The molecule has 2 aromatic carbocycles. The summed E-state index contributed by atoms with van der Waals surface area (Å²) >= 11 is 0. The van der Waals surface area contributed by atoms with Gasteiger partial charge in [-0.25, -0.2) is 4.98 Å². The maximum atomic E-state index is 12.2. The minimum absolute atomic E-state index is 0.0701. The molecular weight excluding hydrogens is 318 g/mol. The number of imidazole rings is 1. The van der Waals surface area contributed by atoms with Crippen LogP contribution >= 0.6 is 0 Å². The number of carbonyl (C=O) groups excluding carboxylic acids is 1. The predicted octanol–water partition coefficient (Wildman–Crippen LogP) is 2.45. The lowest BCUT2D eigenvalue weighted by molar-refractivity contribution is -0.120. The standard InChI is InChI=1S/C19H21N3O3/c1-22-15-7-5-4-6-14(15)21-18(22)12-20-19(23)11-13-8-9-16(24-2)17(10-13)25-3/h4-10H,11-12H2,1-3H3,(H,20,23). The van der Waals surface area contributed by atoms with Crippen molar-refractivity contribution in [1.29, 1.82) is 0 Å². The molecule has 0 aliphatic heterocycles. The second kappa shape index (κ2) is 7.25. The number of nitrogens with one attached hydrogen (secondary N) is 1. The molecule has 6 heteroatoms. The Morgan fingerprint density at radius 3 is 2.60 bits per heavy atom. The third-order valence-electron chi connectivity index (χ3n) is 4.14. The average molecular weight is 339 g/mol. The van der Waals surface area contributed by atoms with Crippen LogP contribution < -0.4 is 14.8 Å². The molecule has 0 radical (unpaired) electrons. The maximum Gasteiger partial charge on any atom is 0.224 e. The fraction of sp³-hybridized carbons (Fsp3) is 0.263. The number of benzene rings is 2. The highest BCUT2D eigenvalue weighted by atomic mass is 16.5. The molecule has 0 aliphatic carbocycles. The second-order valence-electron chi connectivity index (χ2n) is 5.72. The fourth-order valence-corrected chi connectivity index (χ4v) is 2.77. The van der Waals surface area contributed by atoms with Gasteiger partial charge in [-0.1, -0.05) is 18.2 Å². The first-order chi connectivity index (χ1) is 12.1. The molecule has 25 heavy (non-hydrogen) atoms. The SMILES string of the molecule is COc1ccc(CC(=O)NCc2nc3ccccc3n2C)cc1OC. The largest absolute Gasteiger partial charge is 0.493 e. The number of para-hydroxylation sites is 2. The number of fused-ring (bicyclic) bond motifs is 1. The van der Waals surface area contributed by atoms with Gasteiger partial charge in [0.05, 0.1) is 38.2 Å². The van der Waals surface area contributed by atoms with E-state index in [1.54, 1.807) is 20.3 Å². The van der Waals surface area contributed by atoms with Crippen molar-refractivity contribution < 1.29 is 14.3 Å². The molecule has 3 aromatic rings. The summed E-state index contributed by atoms with van der Waals surface area (Å²) in [6, 6.07) is 13.4. The summed E-state index contributed by atoms with van der Waals surface area (Å²) in [4.78, 5) is 16.8. The Labute approximate surface area is 146 Å². The molecule has 1 aromatic heterocycles. The molecule has 6 nitrogen and oxygen atoms in total. The van der Waals surface area contributed by atoms with Crippen LogP contribution in [0.2, 0.25) is 0 Å². The van der Waals surface area contributed by atoms with E-state index in [1.165, 1.54) is 0 Å². The van der Waals surface area contributed by atoms with E-state index in [4.69, 9.17) is 9.47 Å². The summed E-state index contributed by atoms with van der Waals surface area (Å²) in [5, 5.41) is 2.92. The van der Waals surface area contributed by atoms with E-state index in [0.717, 1.165) is 22.4 Å². The van der Waals surface area contributed by atoms with Gasteiger partial charge in [-0.15, -0.1) is 0 Å². The van der Waals surface area contributed by atoms with E-state index in [9.17, 15) is 4.79 Å². The Kier molecular flexibility index (Phi) is 4.88. The molecule has 0 atom stereocenters. The minimum atomic E-state index is -0.0701. The highest BCUT2D eigenvalue weighted by molar-refractivity contribution is 5.79. The lowest BCUT2D eigenvalue weighted by Crippen LogP contribution is -2.26. The highest BCUT2D eigenvalue weighted by Gasteiger charge is 2.11. The van der Waals surface area contributed by atoms with Gasteiger partial charge in [-0.05, 0) is 29.8 Å². The van der Waals surface area contributed by atoms with Crippen LogP contribution in [0.25, 0.3) is 11.0 Å². The van der Waals surface area contributed by atoms with Gasteiger partial charge in [0.2, 0.25) is 5.91 Å². The fourth-order valence-electron chi connectivity index (χ4n) is 2.77. The molecular formula is C19H21N3O3. The van der Waals surface area contributed by atoms with Gasteiger partial charge in [0.15, 0.2) is 11.5 Å². The molecule has 130 valence electrons. The Morgan fingerprint density at radius 1 is 1.12 bits per heavy atom. The van der Waals surface area contributed by atoms with E-state index in [2.05, 4.69) is 10.3 Å². The van der Waals surface area contributed by atoms with E-state index in [0.29, 0.717) is 18.0 Å². The van der Waals surface area contributed by atoms with Gasteiger partial charge >= 0.3 is 0 Å². The molecule has 0 saturated carbocycles. The van der Waals surface area contributed by atoms with Gasteiger partial charge in [0.1, 0.15) is 5.82 Å². The molecule has 1 heterocycles. The van der Waals surface area contributed by atoms with Gasteiger partial charge in [0.25, 0.3) is 0 Å². The molecule has 3 rings (SSSR count). The quantitative estimate of drug-likeness (QED) is 0.749. The first-order valence-corrected chi connectivity index (χ1v) is 8.00. The van der Waals surface area contributed by atoms with E-state index in [-0.39, 0.29) is 12.3 Å². The second-order valence-corrected chi connectivity index (χ2v) is 5.72. The lowest BCUT2D eigenvalue weighted by Gasteiger charge is -2.10. The monoisotopic (exact) mass is 339 g/mol. The summed E-state index contributed by atoms with van der Waals surface area (Å²) in [6.07, 6.45) is 0.268. The van der Waals surface area contributed by atoms with E-state index in [1.807, 2.05) is 48.0 Å². The van der Waals surface area contributed by atoms with Crippen molar-refractivity contribution in [3.05, 3.63) is 53.9 Å². The van der Waals surface area contributed by atoms with Crippen LogP contribution in [0, 0.1) is 0 Å². The molecule has 0 saturated heterocycles. The number of methoxy groups -OCH3 is 2. The highest BCUT2D eigenvalue weighted by Crippen LogP contribution is 2.27. The zero-order valence-corrected chi connectivity index (χ0v) is 14.6. The Balaban J connectivity index is 1.65. The number of aromatic nitrogens is 2. The van der Waals surface area contributed by atoms with Crippen molar-refractivity contribution in [2.24, 2.45) is 7.05 Å². The predicted molar refractivity (Wildman–Crippen MR) is 95.8 cm³/mol. The topological polar surface area (TPSA) is 65.4 Å². The Hall–Kier alpha value is -3.02. The molecule has 0 fully saturated rings. The average Bonchev–Trinajstić information content (AvgIpc) is 2.96. The zero-order chi connectivity index (χ0) is 17.8. The third kappa shape index (κ3) is 3.57. The van der Waals surface area contributed by atoms with Gasteiger partial charge in [-0.3, -0.25) is 4.79 Å². The summed E-state index contributed by atoms with van der Waals surface area (Å²) < 4.78 is 12.5. The number of amides is 1. The Morgan fingerprint density at radius 2 is 1.88 bits per heavy atom. The molecule has 1 N–H and O–H groups in total. The van der Waals surface area contributed by atoms with Crippen molar-refractivity contribution in [2.45, 2.75) is 13.0 Å². The smallest absolute Gasteiger partial charge is 0.224 e. The summed E-state index contributed by atoms with van der Waals surface area (Å²) in [6.45, 7) is 0.386. The first-order valence-electron chi connectivity index (χ1n) is 8.00. The molecule has 1 amide bonds. The summed E-state index contributed by atoms with van der Waals surface area (Å²) in [7, 11) is 5.11. The van der Waals surface area contributed by atoms with Gasteiger partial charge in [0, 0.05) is 7.05 Å². The minimum Gasteiger partial charge on any atom is -0.493 e. The van der Waals surface area contributed by atoms with Crippen LogP contribution in [0.15, 0.2) is 42.5 Å². The van der Waals surface area contributed by atoms with Crippen LogP contribution in [-0.4, -0.2) is 29.7 Å². The normalized spacial score (nSPS) is 10.7. The van der Waals surface area contributed by atoms with Crippen molar-refractivity contribution in [3.63, 3.8) is 0 Å². The zero-order valence-electron chi connectivity index (χ0n) is 14.6. The number of aryl methyl sites for hydroxylation is 1. The number of hydrogen-bond donors (Lipinski definition) is 1. The Bertz CT molecular complexity index is 902. The van der Waals surface area contributed by atoms with Crippen LogP contribution in [0.4, 0.5) is 0 Å². The summed E-state index contributed by atoms with van der Waals surface area (Å²) in [5.74, 6) is 2.01. The van der Waals surface area contributed by atoms with Crippen molar-refractivity contribution in [2.75, 3.05) is 14.2 Å². The molecule has 0 bridgehead atoms. The summed E-state index contributed by atoms with van der Waals surface area (Å²) in [5.41, 5.74) is 2.83. The number of hydrogen-bond acceptors (Lipinski definition) is 4. The maximum absolute atomic E-state index is 12.2. The molecule has 0 aliphatic rings. The lowest BCUT2D eigenvalue weighted by atomic mass is 10.1. The molecule has 0 spiro atoms. The van der Waals surface area contributed by atoms with Crippen molar-refractivity contribution >= 4 is 16.9 Å². The van der Waals surface area contributed by atoms with Gasteiger partial charge in [-0.2, -0.15) is 0 Å². The molecule has 0 unspecified atom stereocenters. The first kappa shape index (κ1) is 16.8.